The number of rotatable bonds is 6. The number of nitrogens with zero attached hydrogens (tertiary/aromatic N) is 1. The Hall–Kier alpha value is -2.34. The lowest BCUT2D eigenvalue weighted by Crippen LogP contribution is -2.30. The fraction of sp³-hybridized carbons (Fsp3) is 0.286. The van der Waals surface area contributed by atoms with Gasteiger partial charge in [0.05, 0.1) is 12.2 Å². The van der Waals surface area contributed by atoms with Crippen molar-refractivity contribution in [3.05, 3.63) is 36.0 Å². The van der Waals surface area contributed by atoms with Gasteiger partial charge in [0.1, 0.15) is 6.54 Å². The minimum atomic E-state index is -1.00. The number of methoxy groups -OCH3 is 1. The van der Waals surface area contributed by atoms with E-state index in [1.165, 1.54) is 6.20 Å². The van der Waals surface area contributed by atoms with E-state index >= 15 is 0 Å². The second-order valence-electron chi connectivity index (χ2n) is 4.34. The number of fused-ring (bicyclic) bond motifs is 1. The number of aromatic carboxylic acids is 1. The van der Waals surface area contributed by atoms with Crippen molar-refractivity contribution < 1.29 is 19.4 Å². The molecule has 0 aliphatic heterocycles. The zero-order valence-electron chi connectivity index (χ0n) is 11.1. The summed E-state index contributed by atoms with van der Waals surface area (Å²) in [4.78, 5) is 23.0. The minimum absolute atomic E-state index is 0.0809. The first-order valence-corrected chi connectivity index (χ1v) is 6.20. The fourth-order valence-electron chi connectivity index (χ4n) is 2.05. The number of nitrogens with one attached hydrogen (secondary N) is 1. The van der Waals surface area contributed by atoms with E-state index < -0.39 is 5.97 Å². The number of amides is 1. The molecule has 2 rings (SSSR count). The predicted octanol–water partition coefficient (Wildman–Crippen LogP) is 1.10. The van der Waals surface area contributed by atoms with Crippen LogP contribution in [0.3, 0.4) is 0 Å². The van der Waals surface area contributed by atoms with E-state index in [1.807, 2.05) is 6.07 Å². The molecule has 1 heterocycles. The molecule has 0 aliphatic carbocycles. The van der Waals surface area contributed by atoms with Crippen molar-refractivity contribution in [3.63, 3.8) is 0 Å². The predicted molar refractivity (Wildman–Crippen MR) is 73.8 cm³/mol. The summed E-state index contributed by atoms with van der Waals surface area (Å²) in [5.74, 6) is -1.18. The normalized spacial score (nSPS) is 10.7. The van der Waals surface area contributed by atoms with Crippen LogP contribution < -0.4 is 5.32 Å². The molecule has 1 amide bonds. The van der Waals surface area contributed by atoms with Crippen LogP contribution >= 0.6 is 0 Å². The van der Waals surface area contributed by atoms with E-state index in [4.69, 9.17) is 4.74 Å². The summed E-state index contributed by atoms with van der Waals surface area (Å²) in [6, 6.07) is 7.12. The van der Waals surface area contributed by atoms with Crippen LogP contribution in [0.15, 0.2) is 30.5 Å². The minimum Gasteiger partial charge on any atom is -0.478 e. The van der Waals surface area contributed by atoms with Crippen molar-refractivity contribution >= 4 is 22.8 Å². The van der Waals surface area contributed by atoms with Crippen molar-refractivity contribution in [1.29, 1.82) is 0 Å². The molecule has 1 aromatic heterocycles. The third-order valence-corrected chi connectivity index (χ3v) is 2.96. The van der Waals surface area contributed by atoms with Crippen LogP contribution in [-0.4, -0.2) is 41.8 Å². The van der Waals surface area contributed by atoms with Gasteiger partial charge in [0.2, 0.25) is 5.91 Å². The molecular weight excluding hydrogens is 260 g/mol. The standard InChI is InChI=1S/C14H16N2O4/c1-20-7-6-15-13(17)9-16-8-11(14(18)19)10-4-2-3-5-12(10)16/h2-5,8H,6-7,9H2,1H3,(H,15,17)(H,18,19). The zero-order valence-corrected chi connectivity index (χ0v) is 11.1. The largest absolute Gasteiger partial charge is 0.478 e. The molecule has 0 fully saturated rings. The van der Waals surface area contributed by atoms with E-state index in [-0.39, 0.29) is 18.0 Å². The van der Waals surface area contributed by atoms with Crippen molar-refractivity contribution in [3.8, 4) is 0 Å². The number of hydrogen-bond donors (Lipinski definition) is 2. The smallest absolute Gasteiger partial charge is 0.337 e. The summed E-state index contributed by atoms with van der Waals surface area (Å²) >= 11 is 0. The maximum absolute atomic E-state index is 11.8. The molecule has 106 valence electrons. The van der Waals surface area contributed by atoms with Crippen LogP contribution in [0, 0.1) is 0 Å². The molecule has 0 aliphatic rings. The number of carboxylic acid groups (broad SMARTS) is 1. The first-order valence-electron chi connectivity index (χ1n) is 6.20. The summed E-state index contributed by atoms with van der Waals surface area (Å²) in [7, 11) is 1.56. The third kappa shape index (κ3) is 2.97. The second-order valence-corrected chi connectivity index (χ2v) is 4.34. The van der Waals surface area contributed by atoms with Gasteiger partial charge < -0.3 is 19.7 Å². The Kier molecular flexibility index (Phi) is 4.37. The molecule has 0 bridgehead atoms. The van der Waals surface area contributed by atoms with E-state index in [9.17, 15) is 14.7 Å². The molecule has 0 atom stereocenters. The summed E-state index contributed by atoms with van der Waals surface area (Å²) in [5, 5.41) is 12.5. The zero-order chi connectivity index (χ0) is 14.5. The number of para-hydroxylation sites is 1. The summed E-state index contributed by atoms with van der Waals surface area (Å²) in [6.45, 7) is 0.955. The highest BCUT2D eigenvalue weighted by Gasteiger charge is 2.14. The molecule has 6 nitrogen and oxygen atoms in total. The molecule has 6 heteroatoms. The van der Waals surface area contributed by atoms with Gasteiger partial charge in [0.15, 0.2) is 0 Å². The average Bonchev–Trinajstić information content (AvgIpc) is 2.78. The monoisotopic (exact) mass is 276 g/mol. The van der Waals surface area contributed by atoms with Crippen LogP contribution in [0.2, 0.25) is 0 Å². The summed E-state index contributed by atoms with van der Waals surface area (Å²) < 4.78 is 6.49. The Morgan fingerprint density at radius 1 is 1.35 bits per heavy atom. The molecule has 2 N–H and O–H groups in total. The number of carbonyl (C=O) groups is 2. The highest BCUT2D eigenvalue weighted by Crippen LogP contribution is 2.21. The van der Waals surface area contributed by atoms with Gasteiger partial charge in [-0.3, -0.25) is 4.79 Å². The van der Waals surface area contributed by atoms with Crippen LogP contribution in [0.25, 0.3) is 10.9 Å². The highest BCUT2D eigenvalue weighted by molar-refractivity contribution is 6.03. The lowest BCUT2D eigenvalue weighted by molar-refractivity contribution is -0.121. The molecule has 20 heavy (non-hydrogen) atoms. The van der Waals surface area contributed by atoms with E-state index in [0.717, 1.165) is 5.52 Å². The number of benzene rings is 1. The Bertz CT molecular complexity index is 633. The Labute approximate surface area is 116 Å². The number of carbonyl (C=O) groups excluding carboxylic acids is 1. The lowest BCUT2D eigenvalue weighted by Gasteiger charge is -2.06. The maximum atomic E-state index is 11.8. The fourth-order valence-corrected chi connectivity index (χ4v) is 2.05. The van der Waals surface area contributed by atoms with Crippen molar-refractivity contribution in [2.45, 2.75) is 6.54 Å². The van der Waals surface area contributed by atoms with Crippen LogP contribution in [0.5, 0.6) is 0 Å². The first kappa shape index (κ1) is 14.1. The molecule has 0 radical (unpaired) electrons. The van der Waals surface area contributed by atoms with Crippen LogP contribution in [0.4, 0.5) is 0 Å². The van der Waals surface area contributed by atoms with Gasteiger partial charge in [-0.25, -0.2) is 4.79 Å². The van der Waals surface area contributed by atoms with Crippen molar-refractivity contribution in [2.24, 2.45) is 0 Å². The number of aromatic nitrogens is 1. The summed E-state index contributed by atoms with van der Waals surface area (Å²) in [6.07, 6.45) is 1.49. The van der Waals surface area contributed by atoms with Gasteiger partial charge in [-0.1, -0.05) is 18.2 Å². The van der Waals surface area contributed by atoms with Gasteiger partial charge in [-0.2, -0.15) is 0 Å². The Morgan fingerprint density at radius 2 is 2.10 bits per heavy atom. The molecule has 0 saturated heterocycles. The van der Waals surface area contributed by atoms with Gasteiger partial charge in [-0.05, 0) is 6.07 Å². The molecular formula is C14H16N2O4. The number of hydrogen-bond acceptors (Lipinski definition) is 3. The van der Waals surface area contributed by atoms with Crippen molar-refractivity contribution in [1.82, 2.24) is 9.88 Å². The second kappa shape index (κ2) is 6.21. The maximum Gasteiger partial charge on any atom is 0.337 e. The van der Waals surface area contributed by atoms with Crippen LogP contribution in [0.1, 0.15) is 10.4 Å². The number of ether oxygens (including phenoxy) is 1. The molecule has 1 aromatic carbocycles. The topological polar surface area (TPSA) is 80.6 Å². The SMILES string of the molecule is COCCNC(=O)Cn1cc(C(=O)O)c2ccccc21. The van der Waals surface area contributed by atoms with E-state index in [2.05, 4.69) is 5.32 Å². The molecule has 0 spiro atoms. The van der Waals surface area contributed by atoms with E-state index in [1.54, 1.807) is 29.9 Å². The number of carboxylic acids is 1. The Balaban J connectivity index is 2.22. The first-order chi connectivity index (χ1) is 9.63. The van der Waals surface area contributed by atoms with Gasteiger partial charge in [0, 0.05) is 30.8 Å². The molecule has 0 saturated carbocycles. The summed E-state index contributed by atoms with van der Waals surface area (Å²) in [5.41, 5.74) is 0.928. The quantitative estimate of drug-likeness (QED) is 0.774. The molecule has 2 aromatic rings. The van der Waals surface area contributed by atoms with Gasteiger partial charge in [0.25, 0.3) is 0 Å². The highest BCUT2D eigenvalue weighted by atomic mass is 16.5. The van der Waals surface area contributed by atoms with E-state index in [0.29, 0.717) is 18.5 Å². The van der Waals surface area contributed by atoms with Gasteiger partial charge in [-0.15, -0.1) is 0 Å². The van der Waals surface area contributed by atoms with Crippen LogP contribution in [-0.2, 0) is 16.1 Å². The Morgan fingerprint density at radius 3 is 2.80 bits per heavy atom. The average molecular weight is 276 g/mol. The van der Waals surface area contributed by atoms with Crippen molar-refractivity contribution in [2.75, 3.05) is 20.3 Å². The van der Waals surface area contributed by atoms with Gasteiger partial charge >= 0.3 is 5.97 Å². The lowest BCUT2D eigenvalue weighted by atomic mass is 10.2. The third-order valence-electron chi connectivity index (χ3n) is 2.96. The molecule has 0 unspecified atom stereocenters.